The highest BCUT2D eigenvalue weighted by Gasteiger charge is 2.11. The summed E-state index contributed by atoms with van der Waals surface area (Å²) in [6.45, 7) is 2.27. The van der Waals surface area contributed by atoms with E-state index in [1.54, 1.807) is 7.11 Å². The van der Waals surface area contributed by atoms with Crippen LogP contribution in [0, 0.1) is 0 Å². The Kier molecular flexibility index (Phi) is 16.4. The highest BCUT2D eigenvalue weighted by atomic mass is 16.5. The van der Waals surface area contributed by atoms with Crippen LogP contribution >= 0.6 is 0 Å². The zero-order chi connectivity index (χ0) is 16.5. The van der Waals surface area contributed by atoms with Crippen LogP contribution in [0.3, 0.4) is 0 Å². The van der Waals surface area contributed by atoms with Gasteiger partial charge in [-0.3, -0.25) is 4.79 Å². The zero-order valence-corrected chi connectivity index (χ0v) is 14.9. The Bertz CT molecular complexity index is 241. The fraction of sp³-hybridized carbons (Fsp3) is 0.947. The number of carboxylic acids is 1. The number of aliphatic carboxylic acids is 1. The maximum absolute atomic E-state index is 10.6. The van der Waals surface area contributed by atoms with Gasteiger partial charge >= 0.3 is 5.97 Å². The average molecular weight is 315 g/mol. The van der Waals surface area contributed by atoms with Crippen LogP contribution in [0.5, 0.6) is 0 Å². The van der Waals surface area contributed by atoms with E-state index in [-0.39, 0.29) is 12.5 Å². The molecule has 0 spiro atoms. The summed E-state index contributed by atoms with van der Waals surface area (Å²) < 4.78 is 5.19. The van der Waals surface area contributed by atoms with Crippen molar-refractivity contribution in [1.29, 1.82) is 0 Å². The van der Waals surface area contributed by atoms with Crippen molar-refractivity contribution in [1.82, 2.24) is 0 Å². The maximum Gasteiger partial charge on any atom is 0.305 e. The molecule has 0 aromatic heterocycles. The van der Waals surface area contributed by atoms with Crippen molar-refractivity contribution in [2.75, 3.05) is 7.11 Å². The van der Waals surface area contributed by atoms with Gasteiger partial charge in [0.25, 0.3) is 0 Å². The lowest BCUT2D eigenvalue weighted by Gasteiger charge is -2.12. The maximum atomic E-state index is 10.6. The van der Waals surface area contributed by atoms with Crippen LogP contribution in [0.2, 0.25) is 0 Å². The van der Waals surface area contributed by atoms with Crippen LogP contribution in [-0.2, 0) is 9.53 Å². The fourth-order valence-corrected chi connectivity index (χ4v) is 2.89. The second kappa shape index (κ2) is 16.8. The molecule has 0 aliphatic rings. The predicted octanol–water partition coefficient (Wildman–Crippen LogP) is 5.96. The summed E-state index contributed by atoms with van der Waals surface area (Å²) in [4.78, 5) is 10.6. The van der Waals surface area contributed by atoms with Crippen molar-refractivity contribution in [3.8, 4) is 0 Å². The van der Waals surface area contributed by atoms with E-state index in [2.05, 4.69) is 6.92 Å². The molecule has 1 atom stereocenters. The summed E-state index contributed by atoms with van der Waals surface area (Å²) >= 11 is 0. The highest BCUT2D eigenvalue weighted by Crippen LogP contribution is 2.14. The largest absolute Gasteiger partial charge is 0.481 e. The van der Waals surface area contributed by atoms with E-state index in [0.717, 1.165) is 12.8 Å². The van der Waals surface area contributed by atoms with Crippen molar-refractivity contribution in [2.24, 2.45) is 0 Å². The van der Waals surface area contributed by atoms with E-state index in [1.165, 1.54) is 77.0 Å². The smallest absolute Gasteiger partial charge is 0.305 e. The van der Waals surface area contributed by atoms with Gasteiger partial charge in [0.2, 0.25) is 0 Å². The van der Waals surface area contributed by atoms with Crippen molar-refractivity contribution in [3.63, 3.8) is 0 Å². The molecule has 3 nitrogen and oxygen atoms in total. The number of methoxy groups -OCH3 is 1. The Balaban J connectivity index is 3.18. The molecule has 0 fully saturated rings. The van der Waals surface area contributed by atoms with Crippen LogP contribution in [0.1, 0.15) is 103 Å². The van der Waals surface area contributed by atoms with Gasteiger partial charge in [-0.05, 0) is 6.42 Å². The van der Waals surface area contributed by atoms with Crippen molar-refractivity contribution >= 4 is 5.97 Å². The monoisotopic (exact) mass is 314 g/mol. The van der Waals surface area contributed by atoms with E-state index < -0.39 is 5.97 Å². The lowest BCUT2D eigenvalue weighted by atomic mass is 10.0. The van der Waals surface area contributed by atoms with Gasteiger partial charge in [0, 0.05) is 7.11 Å². The van der Waals surface area contributed by atoms with Gasteiger partial charge < -0.3 is 9.84 Å². The fourth-order valence-electron chi connectivity index (χ4n) is 2.89. The number of carbonyl (C=O) groups is 1. The Morgan fingerprint density at radius 3 is 1.59 bits per heavy atom. The second-order valence-electron chi connectivity index (χ2n) is 6.49. The van der Waals surface area contributed by atoms with Gasteiger partial charge in [-0.25, -0.2) is 0 Å². The van der Waals surface area contributed by atoms with Crippen LogP contribution in [-0.4, -0.2) is 24.3 Å². The molecule has 3 heteroatoms. The topological polar surface area (TPSA) is 46.5 Å². The molecule has 0 saturated heterocycles. The molecular weight excluding hydrogens is 276 g/mol. The molecule has 0 saturated carbocycles. The summed E-state index contributed by atoms with van der Waals surface area (Å²) in [6.07, 6.45) is 18.3. The first-order chi connectivity index (χ1) is 10.7. The number of hydrogen-bond donors (Lipinski definition) is 1. The molecule has 0 amide bonds. The third-order valence-electron chi connectivity index (χ3n) is 4.37. The normalized spacial score (nSPS) is 12.5. The standard InChI is InChI=1S/C19H38O3/c1-3-4-5-6-7-8-9-10-11-12-13-14-15-16-18(22-2)17-19(20)21/h18H,3-17H2,1-2H3,(H,20,21). The van der Waals surface area contributed by atoms with E-state index in [0.29, 0.717) is 0 Å². The number of carboxylic acid groups (broad SMARTS) is 1. The molecule has 0 aliphatic carbocycles. The number of hydrogen-bond acceptors (Lipinski definition) is 2. The molecular formula is C19H38O3. The summed E-state index contributed by atoms with van der Waals surface area (Å²) in [5.41, 5.74) is 0. The highest BCUT2D eigenvalue weighted by molar-refractivity contribution is 5.67. The zero-order valence-electron chi connectivity index (χ0n) is 14.9. The molecule has 0 radical (unpaired) electrons. The number of ether oxygens (including phenoxy) is 1. The number of rotatable bonds is 17. The van der Waals surface area contributed by atoms with Gasteiger partial charge in [-0.1, -0.05) is 90.4 Å². The molecule has 0 heterocycles. The van der Waals surface area contributed by atoms with E-state index in [1.807, 2.05) is 0 Å². The quantitative estimate of drug-likeness (QED) is 0.337. The molecule has 22 heavy (non-hydrogen) atoms. The molecule has 0 aromatic carbocycles. The van der Waals surface area contributed by atoms with Gasteiger partial charge in [-0.2, -0.15) is 0 Å². The lowest BCUT2D eigenvalue weighted by molar-refractivity contribution is -0.139. The minimum absolute atomic E-state index is 0.106. The minimum atomic E-state index is -0.762. The second-order valence-corrected chi connectivity index (χ2v) is 6.49. The van der Waals surface area contributed by atoms with Crippen LogP contribution in [0.25, 0.3) is 0 Å². The number of unbranched alkanes of at least 4 members (excludes halogenated alkanes) is 12. The third-order valence-corrected chi connectivity index (χ3v) is 4.37. The molecule has 0 aromatic rings. The van der Waals surface area contributed by atoms with Gasteiger partial charge in [-0.15, -0.1) is 0 Å². The molecule has 1 unspecified atom stereocenters. The average Bonchev–Trinajstić information content (AvgIpc) is 2.50. The summed E-state index contributed by atoms with van der Waals surface area (Å²) in [5.74, 6) is -0.762. The van der Waals surface area contributed by atoms with Crippen LogP contribution < -0.4 is 0 Å². The molecule has 1 N–H and O–H groups in total. The van der Waals surface area contributed by atoms with E-state index >= 15 is 0 Å². The first-order valence-electron chi connectivity index (χ1n) is 9.45. The van der Waals surface area contributed by atoms with Gasteiger partial charge in [0.05, 0.1) is 12.5 Å². The molecule has 0 rings (SSSR count). The molecule has 0 bridgehead atoms. The molecule has 0 aliphatic heterocycles. The first kappa shape index (κ1) is 21.4. The minimum Gasteiger partial charge on any atom is -0.481 e. The Hall–Kier alpha value is -0.570. The first-order valence-corrected chi connectivity index (χ1v) is 9.45. The van der Waals surface area contributed by atoms with Crippen molar-refractivity contribution in [3.05, 3.63) is 0 Å². The summed E-state index contributed by atoms with van der Waals surface area (Å²) in [6, 6.07) is 0. The Labute approximate surface area is 137 Å². The van der Waals surface area contributed by atoms with Gasteiger partial charge in [0.15, 0.2) is 0 Å². The summed E-state index contributed by atoms with van der Waals surface area (Å²) in [7, 11) is 1.61. The van der Waals surface area contributed by atoms with E-state index in [4.69, 9.17) is 9.84 Å². The third kappa shape index (κ3) is 15.8. The predicted molar refractivity (Wildman–Crippen MR) is 93.4 cm³/mol. The Morgan fingerprint density at radius 1 is 0.818 bits per heavy atom. The van der Waals surface area contributed by atoms with Crippen molar-refractivity contribution < 1.29 is 14.6 Å². The van der Waals surface area contributed by atoms with Gasteiger partial charge in [0.1, 0.15) is 0 Å². The van der Waals surface area contributed by atoms with Crippen LogP contribution in [0.4, 0.5) is 0 Å². The van der Waals surface area contributed by atoms with E-state index in [9.17, 15) is 4.79 Å². The SMILES string of the molecule is CCCCCCCCCCCCCCCC(CC(=O)O)OC. The summed E-state index contributed by atoms with van der Waals surface area (Å²) in [5, 5.41) is 8.74. The molecule has 132 valence electrons. The van der Waals surface area contributed by atoms with Crippen LogP contribution in [0.15, 0.2) is 0 Å². The van der Waals surface area contributed by atoms with Crippen molar-refractivity contribution in [2.45, 2.75) is 109 Å². The Morgan fingerprint density at radius 2 is 1.23 bits per heavy atom. The lowest BCUT2D eigenvalue weighted by Crippen LogP contribution is -2.15.